The van der Waals surface area contributed by atoms with E-state index in [2.05, 4.69) is 27.6 Å². The molecule has 0 saturated heterocycles. The van der Waals surface area contributed by atoms with Crippen LogP contribution in [0.1, 0.15) is 23.2 Å². The van der Waals surface area contributed by atoms with E-state index in [0.29, 0.717) is 6.42 Å². The molecule has 2 aromatic carbocycles. The number of aromatic amines is 1. The van der Waals surface area contributed by atoms with Crippen molar-refractivity contribution in [1.82, 2.24) is 10.2 Å². The number of aryl methyl sites for hydroxylation is 3. The SMILES string of the molecule is N[C@H](CCc1ccccc1)C(=O)Nc1ccc2c(c1)CCc1[nH]ncc1-2. The number of fused-ring (bicyclic) bond motifs is 3. The molecule has 5 heteroatoms. The smallest absolute Gasteiger partial charge is 0.241 e. The summed E-state index contributed by atoms with van der Waals surface area (Å²) in [6, 6.07) is 15.6. The molecule has 1 aromatic heterocycles. The Hall–Kier alpha value is -2.92. The molecular formula is C21H22N4O. The molecule has 0 saturated carbocycles. The van der Waals surface area contributed by atoms with Gasteiger partial charge in [0.1, 0.15) is 0 Å². The molecule has 0 bridgehead atoms. The quantitative estimate of drug-likeness (QED) is 0.664. The Morgan fingerprint density at radius 2 is 2.00 bits per heavy atom. The van der Waals surface area contributed by atoms with Gasteiger partial charge in [0.25, 0.3) is 0 Å². The van der Waals surface area contributed by atoms with Crippen LogP contribution >= 0.6 is 0 Å². The number of nitrogens with two attached hydrogens (primary N) is 1. The molecule has 132 valence electrons. The number of amides is 1. The molecule has 26 heavy (non-hydrogen) atoms. The third kappa shape index (κ3) is 3.39. The second-order valence-corrected chi connectivity index (χ2v) is 6.75. The monoisotopic (exact) mass is 346 g/mol. The number of hydrogen-bond acceptors (Lipinski definition) is 3. The lowest BCUT2D eigenvalue weighted by Gasteiger charge is -2.18. The van der Waals surface area contributed by atoms with Crippen LogP contribution in [0.15, 0.2) is 54.7 Å². The first-order valence-corrected chi connectivity index (χ1v) is 8.96. The van der Waals surface area contributed by atoms with Crippen molar-refractivity contribution in [1.29, 1.82) is 0 Å². The van der Waals surface area contributed by atoms with Gasteiger partial charge in [0.2, 0.25) is 5.91 Å². The third-order valence-corrected chi connectivity index (χ3v) is 4.95. The van der Waals surface area contributed by atoms with Gasteiger partial charge < -0.3 is 11.1 Å². The van der Waals surface area contributed by atoms with Crippen LogP contribution in [0.25, 0.3) is 11.1 Å². The van der Waals surface area contributed by atoms with E-state index in [-0.39, 0.29) is 5.91 Å². The van der Waals surface area contributed by atoms with Crippen LogP contribution in [0.3, 0.4) is 0 Å². The average molecular weight is 346 g/mol. The number of nitrogens with zero attached hydrogens (tertiary/aromatic N) is 1. The summed E-state index contributed by atoms with van der Waals surface area (Å²) >= 11 is 0. The number of carbonyl (C=O) groups is 1. The highest BCUT2D eigenvalue weighted by Gasteiger charge is 2.19. The van der Waals surface area contributed by atoms with Crippen LogP contribution < -0.4 is 11.1 Å². The van der Waals surface area contributed by atoms with Crippen molar-refractivity contribution in [3.8, 4) is 11.1 Å². The number of rotatable bonds is 5. The minimum atomic E-state index is -0.522. The van der Waals surface area contributed by atoms with Gasteiger partial charge in [0.15, 0.2) is 0 Å². The maximum Gasteiger partial charge on any atom is 0.241 e. The summed E-state index contributed by atoms with van der Waals surface area (Å²) < 4.78 is 0. The number of nitrogens with one attached hydrogen (secondary N) is 2. The molecule has 0 radical (unpaired) electrons. The van der Waals surface area contributed by atoms with Gasteiger partial charge in [-0.3, -0.25) is 9.89 Å². The van der Waals surface area contributed by atoms with Gasteiger partial charge in [-0.2, -0.15) is 5.10 Å². The number of H-pyrrole nitrogens is 1. The summed E-state index contributed by atoms with van der Waals surface area (Å²) in [7, 11) is 0. The average Bonchev–Trinajstić information content (AvgIpc) is 3.16. The van der Waals surface area contributed by atoms with E-state index in [0.717, 1.165) is 30.5 Å². The van der Waals surface area contributed by atoms with Crippen molar-refractivity contribution in [2.75, 3.05) is 5.32 Å². The van der Waals surface area contributed by atoms with Crippen molar-refractivity contribution in [3.05, 3.63) is 71.5 Å². The fourth-order valence-corrected chi connectivity index (χ4v) is 3.47. The first kappa shape index (κ1) is 16.5. The molecule has 1 amide bonds. The van der Waals surface area contributed by atoms with Crippen molar-refractivity contribution in [2.45, 2.75) is 31.7 Å². The van der Waals surface area contributed by atoms with E-state index in [1.165, 1.54) is 22.4 Å². The lowest BCUT2D eigenvalue weighted by molar-refractivity contribution is -0.117. The number of hydrogen-bond donors (Lipinski definition) is 3. The highest BCUT2D eigenvalue weighted by molar-refractivity contribution is 5.95. The molecule has 0 unspecified atom stereocenters. The molecule has 4 rings (SSSR count). The molecule has 0 aliphatic heterocycles. The number of benzene rings is 2. The number of aromatic nitrogens is 2. The highest BCUT2D eigenvalue weighted by atomic mass is 16.2. The van der Waals surface area contributed by atoms with Crippen LogP contribution in [0, 0.1) is 0 Å². The molecule has 1 aliphatic carbocycles. The predicted molar refractivity (Wildman–Crippen MR) is 103 cm³/mol. The van der Waals surface area contributed by atoms with Crippen molar-refractivity contribution >= 4 is 11.6 Å². The summed E-state index contributed by atoms with van der Waals surface area (Å²) in [5, 5.41) is 10.1. The predicted octanol–water partition coefficient (Wildman–Crippen LogP) is 3.07. The lowest BCUT2D eigenvalue weighted by Crippen LogP contribution is -2.36. The summed E-state index contributed by atoms with van der Waals surface area (Å²) in [5.41, 5.74) is 12.8. The molecule has 0 spiro atoms. The molecule has 3 aromatic rings. The first-order chi connectivity index (χ1) is 12.7. The largest absolute Gasteiger partial charge is 0.325 e. The Kier molecular flexibility index (Phi) is 4.54. The van der Waals surface area contributed by atoms with Crippen molar-refractivity contribution in [2.24, 2.45) is 5.73 Å². The van der Waals surface area contributed by atoms with Crippen molar-refractivity contribution in [3.63, 3.8) is 0 Å². The van der Waals surface area contributed by atoms with Gasteiger partial charge in [-0.15, -0.1) is 0 Å². The summed E-state index contributed by atoms with van der Waals surface area (Å²) in [6.45, 7) is 0. The minimum Gasteiger partial charge on any atom is -0.325 e. The Morgan fingerprint density at radius 3 is 2.85 bits per heavy atom. The fourth-order valence-electron chi connectivity index (χ4n) is 3.47. The summed E-state index contributed by atoms with van der Waals surface area (Å²) in [6.07, 6.45) is 5.16. The highest BCUT2D eigenvalue weighted by Crippen LogP contribution is 2.33. The van der Waals surface area contributed by atoms with Gasteiger partial charge in [-0.1, -0.05) is 36.4 Å². The molecular weight excluding hydrogens is 324 g/mol. The van der Waals surface area contributed by atoms with E-state index < -0.39 is 6.04 Å². The standard InChI is InChI=1S/C21H22N4O/c22-19(10-6-14-4-2-1-3-5-14)21(26)24-16-8-9-17-15(12-16)7-11-20-18(17)13-23-25-20/h1-5,8-9,12-13,19H,6-7,10-11,22H2,(H,23,25)(H,24,26)/t19-/m1/s1. The Morgan fingerprint density at radius 1 is 1.15 bits per heavy atom. The lowest BCUT2D eigenvalue weighted by atomic mass is 9.90. The Balaban J connectivity index is 1.40. The van der Waals surface area contributed by atoms with Gasteiger partial charge in [-0.25, -0.2) is 0 Å². The van der Waals surface area contributed by atoms with Gasteiger partial charge in [-0.05, 0) is 54.5 Å². The Bertz CT molecular complexity index is 917. The van der Waals surface area contributed by atoms with Crippen LogP contribution in [-0.2, 0) is 24.1 Å². The Labute approximate surface area is 152 Å². The molecule has 1 atom stereocenters. The van der Waals surface area contributed by atoms with E-state index >= 15 is 0 Å². The maximum absolute atomic E-state index is 12.4. The van der Waals surface area contributed by atoms with E-state index in [1.54, 1.807) is 0 Å². The minimum absolute atomic E-state index is 0.138. The zero-order valence-electron chi connectivity index (χ0n) is 14.5. The molecule has 4 N–H and O–H groups in total. The molecule has 5 nitrogen and oxygen atoms in total. The molecule has 1 heterocycles. The summed E-state index contributed by atoms with van der Waals surface area (Å²) in [5.74, 6) is -0.138. The molecule has 0 fully saturated rings. The van der Waals surface area contributed by atoms with E-state index in [1.807, 2.05) is 42.6 Å². The zero-order chi connectivity index (χ0) is 17.9. The van der Waals surface area contributed by atoms with Crippen LogP contribution in [0.4, 0.5) is 5.69 Å². The topological polar surface area (TPSA) is 83.8 Å². The number of anilines is 1. The van der Waals surface area contributed by atoms with Gasteiger partial charge in [0, 0.05) is 16.9 Å². The first-order valence-electron chi connectivity index (χ1n) is 8.96. The zero-order valence-corrected chi connectivity index (χ0v) is 14.5. The van der Waals surface area contributed by atoms with Crippen LogP contribution in [-0.4, -0.2) is 22.1 Å². The second kappa shape index (κ2) is 7.14. The van der Waals surface area contributed by atoms with Gasteiger partial charge in [0.05, 0.1) is 12.2 Å². The van der Waals surface area contributed by atoms with Gasteiger partial charge >= 0.3 is 0 Å². The third-order valence-electron chi connectivity index (χ3n) is 4.95. The van der Waals surface area contributed by atoms with Crippen molar-refractivity contribution < 1.29 is 4.79 Å². The fraction of sp³-hybridized carbons (Fsp3) is 0.238. The van der Waals surface area contributed by atoms with E-state index in [9.17, 15) is 4.79 Å². The molecule has 1 aliphatic rings. The van der Waals surface area contributed by atoms with Crippen LogP contribution in [0.5, 0.6) is 0 Å². The summed E-state index contributed by atoms with van der Waals surface area (Å²) in [4.78, 5) is 12.4. The maximum atomic E-state index is 12.4. The number of carbonyl (C=O) groups excluding carboxylic acids is 1. The van der Waals surface area contributed by atoms with Crippen LogP contribution in [0.2, 0.25) is 0 Å². The normalized spacial score (nSPS) is 13.6. The second-order valence-electron chi connectivity index (χ2n) is 6.75. The van der Waals surface area contributed by atoms with E-state index in [4.69, 9.17) is 5.73 Å².